The molecular formula is C22H35N5O2. The van der Waals surface area contributed by atoms with Gasteiger partial charge in [-0.3, -0.25) is 9.79 Å². The van der Waals surface area contributed by atoms with E-state index in [1.54, 1.807) is 0 Å². The number of likely N-dealkylation sites (N-methyl/N-ethyl adjacent to an activating group) is 1. The van der Waals surface area contributed by atoms with E-state index in [4.69, 9.17) is 4.74 Å². The molecule has 1 aromatic carbocycles. The number of rotatable bonds is 6. The van der Waals surface area contributed by atoms with Crippen LogP contribution in [0, 0.1) is 0 Å². The third-order valence-corrected chi connectivity index (χ3v) is 5.85. The predicted octanol–water partition coefficient (Wildman–Crippen LogP) is 1.06. The van der Waals surface area contributed by atoms with E-state index in [1.165, 1.54) is 5.56 Å². The Hall–Kier alpha value is -2.12. The van der Waals surface area contributed by atoms with E-state index in [-0.39, 0.29) is 12.0 Å². The number of carbonyl (C=O) groups excluding carboxylic acids is 1. The maximum absolute atomic E-state index is 12.5. The van der Waals surface area contributed by atoms with E-state index in [0.717, 1.165) is 57.9 Å². The molecule has 2 aliphatic rings. The van der Waals surface area contributed by atoms with Crippen molar-refractivity contribution >= 4 is 11.9 Å². The first-order valence-electron chi connectivity index (χ1n) is 10.6. The summed E-state index contributed by atoms with van der Waals surface area (Å²) in [5.41, 5.74) is 1.34. The zero-order chi connectivity index (χ0) is 20.6. The number of nitrogens with one attached hydrogen (secondary N) is 1. The fraction of sp³-hybridized carbons (Fsp3) is 0.636. The Kier molecular flexibility index (Phi) is 7.89. The second-order valence-corrected chi connectivity index (χ2v) is 8.05. The maximum atomic E-state index is 12.5. The van der Waals surface area contributed by atoms with Gasteiger partial charge in [0.25, 0.3) is 5.91 Å². The molecule has 1 amide bonds. The van der Waals surface area contributed by atoms with E-state index in [9.17, 15) is 4.79 Å². The lowest BCUT2D eigenvalue weighted by Crippen LogP contribution is -2.56. The summed E-state index contributed by atoms with van der Waals surface area (Å²) >= 11 is 0. The summed E-state index contributed by atoms with van der Waals surface area (Å²) in [4.78, 5) is 23.5. The Balaban J connectivity index is 1.49. The number of nitrogens with zero attached hydrogens (tertiary/aromatic N) is 4. The number of ether oxygens (including phenoxy) is 1. The summed E-state index contributed by atoms with van der Waals surface area (Å²) in [5, 5.41) is 3.55. The second-order valence-electron chi connectivity index (χ2n) is 8.05. The van der Waals surface area contributed by atoms with Crippen molar-refractivity contribution in [2.24, 2.45) is 4.99 Å². The quantitative estimate of drug-likeness (QED) is 0.571. The summed E-state index contributed by atoms with van der Waals surface area (Å²) < 4.78 is 5.55. The largest absolute Gasteiger partial charge is 0.368 e. The van der Waals surface area contributed by atoms with Crippen LogP contribution in [0.4, 0.5) is 0 Å². The highest BCUT2D eigenvalue weighted by atomic mass is 16.5. The molecule has 29 heavy (non-hydrogen) atoms. The topological polar surface area (TPSA) is 60.4 Å². The monoisotopic (exact) mass is 401 g/mol. The van der Waals surface area contributed by atoms with Gasteiger partial charge >= 0.3 is 0 Å². The number of amides is 1. The number of carbonyl (C=O) groups is 1. The zero-order valence-corrected chi connectivity index (χ0v) is 18.0. The molecule has 2 fully saturated rings. The maximum Gasteiger partial charge on any atom is 0.251 e. The van der Waals surface area contributed by atoms with Gasteiger partial charge in [0.05, 0.1) is 0 Å². The van der Waals surface area contributed by atoms with Crippen LogP contribution in [0.2, 0.25) is 0 Å². The molecule has 2 heterocycles. The molecule has 2 saturated heterocycles. The van der Waals surface area contributed by atoms with E-state index in [1.807, 2.05) is 11.9 Å². The molecule has 3 rings (SSSR count). The smallest absolute Gasteiger partial charge is 0.251 e. The average molecular weight is 402 g/mol. The number of hydrogen-bond acceptors (Lipinski definition) is 4. The molecule has 2 atom stereocenters. The summed E-state index contributed by atoms with van der Waals surface area (Å²) in [6.45, 7) is 4.57. The predicted molar refractivity (Wildman–Crippen MR) is 116 cm³/mol. The summed E-state index contributed by atoms with van der Waals surface area (Å²) in [6, 6.07) is 11.0. The number of piperazine rings is 1. The molecule has 2 aliphatic heterocycles. The standard InChI is InChI=1S/C22H35N5O2/c1-23-22(24-17-19(25(2)3)16-18-8-5-4-6-9-18)27-13-11-26(12-14-27)21(28)20-10-7-15-29-20/h4-6,8-9,19-20H,7,10-17H2,1-3H3,(H,23,24). The van der Waals surface area contributed by atoms with Gasteiger partial charge in [-0.25, -0.2) is 0 Å². The Morgan fingerprint density at radius 3 is 2.48 bits per heavy atom. The number of aliphatic imine (C=N–C) groups is 1. The van der Waals surface area contributed by atoms with Crippen molar-refractivity contribution in [1.82, 2.24) is 20.0 Å². The van der Waals surface area contributed by atoms with Gasteiger partial charge in [0.15, 0.2) is 5.96 Å². The molecule has 0 aromatic heterocycles. The van der Waals surface area contributed by atoms with Gasteiger partial charge in [-0.05, 0) is 38.9 Å². The molecule has 2 unspecified atom stereocenters. The molecule has 0 bridgehead atoms. The summed E-state index contributed by atoms with van der Waals surface area (Å²) in [7, 11) is 6.06. The number of hydrogen-bond donors (Lipinski definition) is 1. The van der Waals surface area contributed by atoms with Crippen LogP contribution in [-0.4, -0.2) is 99.2 Å². The van der Waals surface area contributed by atoms with Crippen LogP contribution in [0.25, 0.3) is 0 Å². The van der Waals surface area contributed by atoms with Crippen LogP contribution in [0.5, 0.6) is 0 Å². The van der Waals surface area contributed by atoms with Gasteiger partial charge < -0.3 is 24.8 Å². The van der Waals surface area contributed by atoms with Crippen molar-refractivity contribution in [1.29, 1.82) is 0 Å². The van der Waals surface area contributed by atoms with Crippen LogP contribution >= 0.6 is 0 Å². The third kappa shape index (κ3) is 5.93. The van der Waals surface area contributed by atoms with Gasteiger partial charge in [-0.1, -0.05) is 30.3 Å². The molecule has 7 heteroatoms. The van der Waals surface area contributed by atoms with Crippen molar-refractivity contribution in [3.63, 3.8) is 0 Å². The zero-order valence-electron chi connectivity index (χ0n) is 18.0. The molecule has 0 aliphatic carbocycles. The fourth-order valence-corrected chi connectivity index (χ4v) is 3.98. The first-order chi connectivity index (χ1) is 14.1. The first kappa shape index (κ1) is 21.6. The van der Waals surface area contributed by atoms with E-state index >= 15 is 0 Å². The molecule has 0 radical (unpaired) electrons. The van der Waals surface area contributed by atoms with Crippen molar-refractivity contribution in [2.75, 3.05) is 60.5 Å². The highest BCUT2D eigenvalue weighted by Crippen LogP contribution is 2.16. The Labute approximate surface area is 174 Å². The van der Waals surface area contributed by atoms with Crippen molar-refractivity contribution in [3.8, 4) is 0 Å². The fourth-order valence-electron chi connectivity index (χ4n) is 3.98. The SMILES string of the molecule is CN=C(NCC(Cc1ccccc1)N(C)C)N1CCN(C(=O)C2CCCO2)CC1. The van der Waals surface area contributed by atoms with Crippen molar-refractivity contribution in [3.05, 3.63) is 35.9 Å². The van der Waals surface area contributed by atoms with E-state index in [0.29, 0.717) is 12.6 Å². The Bertz CT molecular complexity index is 665. The lowest BCUT2D eigenvalue weighted by Gasteiger charge is -2.38. The minimum absolute atomic E-state index is 0.153. The second kappa shape index (κ2) is 10.6. The average Bonchev–Trinajstić information content (AvgIpc) is 3.29. The molecule has 0 saturated carbocycles. The van der Waals surface area contributed by atoms with Crippen molar-refractivity contribution < 1.29 is 9.53 Å². The van der Waals surface area contributed by atoms with Gasteiger partial charge in [0, 0.05) is 52.4 Å². The Morgan fingerprint density at radius 2 is 1.90 bits per heavy atom. The summed E-state index contributed by atoms with van der Waals surface area (Å²) in [5.74, 6) is 1.06. The minimum Gasteiger partial charge on any atom is -0.368 e. The van der Waals surface area contributed by atoms with Crippen LogP contribution < -0.4 is 5.32 Å². The lowest BCUT2D eigenvalue weighted by molar-refractivity contribution is -0.142. The van der Waals surface area contributed by atoms with Crippen molar-refractivity contribution in [2.45, 2.75) is 31.4 Å². The molecule has 1 N–H and O–H groups in total. The molecule has 7 nitrogen and oxygen atoms in total. The van der Waals surface area contributed by atoms with Gasteiger partial charge in [0.1, 0.15) is 6.10 Å². The molecule has 0 spiro atoms. The number of benzene rings is 1. The highest BCUT2D eigenvalue weighted by Gasteiger charge is 2.31. The highest BCUT2D eigenvalue weighted by molar-refractivity contribution is 5.82. The number of guanidine groups is 1. The molecule has 160 valence electrons. The van der Waals surface area contributed by atoms with Crippen LogP contribution in [0.3, 0.4) is 0 Å². The van der Waals surface area contributed by atoms with Gasteiger partial charge in [0.2, 0.25) is 0 Å². The molecular weight excluding hydrogens is 366 g/mol. The van der Waals surface area contributed by atoms with Crippen LogP contribution in [0.15, 0.2) is 35.3 Å². The minimum atomic E-state index is -0.224. The van der Waals surface area contributed by atoms with E-state index < -0.39 is 0 Å². The van der Waals surface area contributed by atoms with Gasteiger partial charge in [-0.2, -0.15) is 0 Å². The summed E-state index contributed by atoms with van der Waals surface area (Å²) in [6.07, 6.45) is 2.61. The normalized spacial score (nSPS) is 21.5. The Morgan fingerprint density at radius 1 is 1.21 bits per heavy atom. The molecule has 1 aromatic rings. The van der Waals surface area contributed by atoms with Crippen LogP contribution in [0.1, 0.15) is 18.4 Å². The third-order valence-electron chi connectivity index (χ3n) is 5.85. The van der Waals surface area contributed by atoms with E-state index in [2.05, 4.69) is 64.5 Å². The first-order valence-corrected chi connectivity index (χ1v) is 10.6. The van der Waals surface area contributed by atoms with Crippen LogP contribution in [-0.2, 0) is 16.0 Å². The lowest BCUT2D eigenvalue weighted by atomic mass is 10.1. The van der Waals surface area contributed by atoms with Gasteiger partial charge in [-0.15, -0.1) is 0 Å².